The number of primary amides is 1. The van der Waals surface area contributed by atoms with E-state index in [-0.39, 0.29) is 0 Å². The van der Waals surface area contributed by atoms with Gasteiger partial charge >= 0.3 is 0 Å². The predicted molar refractivity (Wildman–Crippen MR) is 49.3 cm³/mol. The predicted octanol–water partition coefficient (Wildman–Crippen LogP) is 2.00. The van der Waals surface area contributed by atoms with Crippen LogP contribution in [0.15, 0.2) is 18.2 Å². The van der Waals surface area contributed by atoms with Gasteiger partial charge in [0.2, 0.25) is 5.91 Å². The van der Waals surface area contributed by atoms with Crippen molar-refractivity contribution in [3.05, 3.63) is 34.3 Å². The average molecular weight is 184 g/mol. The Morgan fingerprint density at radius 2 is 2.25 bits per heavy atom. The Labute approximate surface area is 76.3 Å². The lowest BCUT2D eigenvalue weighted by atomic mass is 10.1. The lowest BCUT2D eigenvalue weighted by molar-refractivity contribution is 0.1000. The highest BCUT2D eigenvalue weighted by Crippen LogP contribution is 2.17. The highest BCUT2D eigenvalue weighted by atomic mass is 35.5. The lowest BCUT2D eigenvalue weighted by Crippen LogP contribution is -2.11. The average Bonchev–Trinajstić information content (AvgIpc) is 2.05. The summed E-state index contributed by atoms with van der Waals surface area (Å²) in [5, 5.41) is 0.683. The third kappa shape index (κ3) is 1.77. The highest BCUT2D eigenvalue weighted by molar-refractivity contribution is 6.31. The second-order valence-corrected chi connectivity index (χ2v) is 2.93. The molecule has 0 aliphatic rings. The molecule has 1 rings (SSSR count). The summed E-state index contributed by atoms with van der Waals surface area (Å²) >= 11 is 5.85. The van der Waals surface area contributed by atoms with Crippen molar-refractivity contribution < 1.29 is 4.79 Å². The van der Waals surface area contributed by atoms with Crippen LogP contribution in [0.1, 0.15) is 22.8 Å². The van der Waals surface area contributed by atoms with E-state index in [1.54, 1.807) is 18.2 Å². The maximum absolute atomic E-state index is 10.8. The number of halogens is 1. The molecule has 0 saturated carbocycles. The Bertz CT molecular complexity index is 309. The van der Waals surface area contributed by atoms with Gasteiger partial charge in [-0.25, -0.2) is 0 Å². The normalized spacial score (nSPS) is 9.83. The van der Waals surface area contributed by atoms with Gasteiger partial charge in [-0.15, -0.1) is 0 Å². The van der Waals surface area contributed by atoms with Crippen molar-refractivity contribution in [3.63, 3.8) is 0 Å². The first-order valence-corrected chi connectivity index (χ1v) is 4.11. The zero-order chi connectivity index (χ0) is 9.14. The van der Waals surface area contributed by atoms with E-state index in [1.165, 1.54) is 0 Å². The molecule has 0 aliphatic carbocycles. The molecule has 64 valence electrons. The summed E-state index contributed by atoms with van der Waals surface area (Å²) in [4.78, 5) is 10.8. The van der Waals surface area contributed by atoms with Crippen LogP contribution >= 0.6 is 11.6 Å². The van der Waals surface area contributed by atoms with Crippen LogP contribution in [0.4, 0.5) is 0 Å². The molecule has 0 atom stereocenters. The summed E-state index contributed by atoms with van der Waals surface area (Å²) in [5.41, 5.74) is 6.57. The van der Waals surface area contributed by atoms with E-state index >= 15 is 0 Å². The number of rotatable bonds is 2. The summed E-state index contributed by atoms with van der Waals surface area (Å²) in [7, 11) is 0. The minimum atomic E-state index is -0.415. The van der Waals surface area contributed by atoms with Gasteiger partial charge in [0.1, 0.15) is 0 Å². The fourth-order valence-corrected chi connectivity index (χ4v) is 1.25. The van der Waals surface area contributed by atoms with Crippen molar-refractivity contribution in [1.82, 2.24) is 0 Å². The Balaban J connectivity index is 3.13. The Morgan fingerprint density at radius 1 is 1.58 bits per heavy atom. The van der Waals surface area contributed by atoms with Crippen molar-refractivity contribution in [3.8, 4) is 0 Å². The lowest BCUT2D eigenvalue weighted by Gasteiger charge is -2.01. The van der Waals surface area contributed by atoms with Crippen LogP contribution in [0.25, 0.3) is 0 Å². The fraction of sp³-hybridized carbons (Fsp3) is 0.222. The van der Waals surface area contributed by atoms with E-state index in [2.05, 4.69) is 0 Å². The number of benzene rings is 1. The number of hydrogen-bond acceptors (Lipinski definition) is 1. The number of hydrogen-bond donors (Lipinski definition) is 1. The highest BCUT2D eigenvalue weighted by Gasteiger charge is 2.03. The quantitative estimate of drug-likeness (QED) is 0.749. The molecule has 1 aromatic carbocycles. The molecule has 0 fully saturated rings. The summed E-state index contributed by atoms with van der Waals surface area (Å²) in [6.07, 6.45) is 0.806. The monoisotopic (exact) mass is 183 g/mol. The van der Waals surface area contributed by atoms with Gasteiger partial charge in [0.15, 0.2) is 0 Å². The van der Waals surface area contributed by atoms with E-state index in [1.807, 2.05) is 6.92 Å². The second-order valence-electron chi connectivity index (χ2n) is 2.52. The standard InChI is InChI=1S/C9H10ClNO/c1-2-6-5-7(9(11)12)3-4-8(6)10/h3-5H,2H2,1H3,(H2,11,12). The minimum Gasteiger partial charge on any atom is -0.366 e. The number of nitrogens with two attached hydrogens (primary N) is 1. The Kier molecular flexibility index (Phi) is 2.71. The molecular weight excluding hydrogens is 174 g/mol. The Morgan fingerprint density at radius 3 is 2.75 bits per heavy atom. The topological polar surface area (TPSA) is 43.1 Å². The van der Waals surface area contributed by atoms with Crippen molar-refractivity contribution in [1.29, 1.82) is 0 Å². The largest absolute Gasteiger partial charge is 0.366 e. The number of amides is 1. The molecular formula is C9H10ClNO. The van der Waals surface area contributed by atoms with E-state index in [0.29, 0.717) is 10.6 Å². The summed E-state index contributed by atoms with van der Waals surface area (Å²) in [5.74, 6) is -0.415. The third-order valence-electron chi connectivity index (χ3n) is 1.71. The molecule has 0 radical (unpaired) electrons. The molecule has 12 heavy (non-hydrogen) atoms. The fourth-order valence-electron chi connectivity index (χ4n) is 0.999. The molecule has 0 aliphatic heterocycles. The van der Waals surface area contributed by atoms with Crippen molar-refractivity contribution in [2.75, 3.05) is 0 Å². The first kappa shape index (κ1) is 9.07. The van der Waals surface area contributed by atoms with Gasteiger partial charge in [-0.1, -0.05) is 18.5 Å². The molecule has 0 bridgehead atoms. The Hall–Kier alpha value is -1.02. The third-order valence-corrected chi connectivity index (χ3v) is 2.08. The van der Waals surface area contributed by atoms with E-state index < -0.39 is 5.91 Å². The summed E-state index contributed by atoms with van der Waals surface area (Å²) < 4.78 is 0. The molecule has 0 heterocycles. The molecule has 2 nitrogen and oxygen atoms in total. The number of carbonyl (C=O) groups excluding carboxylic acids is 1. The molecule has 0 aromatic heterocycles. The van der Waals surface area contributed by atoms with Crippen LogP contribution in [0.3, 0.4) is 0 Å². The van der Waals surface area contributed by atoms with Crippen LogP contribution in [0.5, 0.6) is 0 Å². The van der Waals surface area contributed by atoms with Crippen LogP contribution in [0.2, 0.25) is 5.02 Å². The number of aryl methyl sites for hydroxylation is 1. The molecule has 1 amide bonds. The van der Waals surface area contributed by atoms with Crippen LogP contribution in [0, 0.1) is 0 Å². The smallest absolute Gasteiger partial charge is 0.248 e. The molecule has 2 N–H and O–H groups in total. The summed E-state index contributed by atoms with van der Waals surface area (Å²) in [6, 6.07) is 5.05. The number of carbonyl (C=O) groups is 1. The minimum absolute atomic E-state index is 0.415. The summed E-state index contributed by atoms with van der Waals surface area (Å²) in [6.45, 7) is 1.98. The van der Waals surface area contributed by atoms with Crippen LogP contribution in [-0.2, 0) is 6.42 Å². The van der Waals surface area contributed by atoms with Crippen molar-refractivity contribution in [2.45, 2.75) is 13.3 Å². The van der Waals surface area contributed by atoms with Crippen LogP contribution < -0.4 is 5.73 Å². The first-order chi connectivity index (χ1) is 5.65. The molecule has 0 spiro atoms. The van der Waals surface area contributed by atoms with Crippen LogP contribution in [-0.4, -0.2) is 5.91 Å². The van der Waals surface area contributed by atoms with E-state index in [9.17, 15) is 4.79 Å². The van der Waals surface area contributed by atoms with Gasteiger partial charge in [0, 0.05) is 10.6 Å². The van der Waals surface area contributed by atoms with Gasteiger partial charge in [-0.05, 0) is 30.2 Å². The van der Waals surface area contributed by atoms with E-state index in [4.69, 9.17) is 17.3 Å². The van der Waals surface area contributed by atoms with Crippen molar-refractivity contribution in [2.24, 2.45) is 5.73 Å². The second kappa shape index (κ2) is 3.59. The van der Waals surface area contributed by atoms with Gasteiger partial charge in [0.05, 0.1) is 0 Å². The van der Waals surface area contributed by atoms with Gasteiger partial charge in [-0.2, -0.15) is 0 Å². The zero-order valence-electron chi connectivity index (χ0n) is 6.80. The SMILES string of the molecule is CCc1cc(C(N)=O)ccc1Cl. The molecule has 1 aromatic rings. The first-order valence-electron chi connectivity index (χ1n) is 3.73. The molecule has 0 unspecified atom stereocenters. The maximum Gasteiger partial charge on any atom is 0.248 e. The zero-order valence-corrected chi connectivity index (χ0v) is 7.56. The van der Waals surface area contributed by atoms with Gasteiger partial charge < -0.3 is 5.73 Å². The molecule has 3 heteroatoms. The van der Waals surface area contributed by atoms with Crippen molar-refractivity contribution >= 4 is 17.5 Å². The molecule has 0 saturated heterocycles. The van der Waals surface area contributed by atoms with E-state index in [0.717, 1.165) is 12.0 Å². The maximum atomic E-state index is 10.8. The van der Waals surface area contributed by atoms with Gasteiger partial charge in [-0.3, -0.25) is 4.79 Å². The van der Waals surface area contributed by atoms with Gasteiger partial charge in [0.25, 0.3) is 0 Å².